The van der Waals surface area contributed by atoms with E-state index in [1.165, 1.54) is 0 Å². The Hall–Kier alpha value is -4.41. The number of anilines is 1. The maximum atomic E-state index is 13.2. The number of ketones is 1. The van der Waals surface area contributed by atoms with Gasteiger partial charge in [0.2, 0.25) is 23.6 Å². The summed E-state index contributed by atoms with van der Waals surface area (Å²) >= 11 is 0. The van der Waals surface area contributed by atoms with Gasteiger partial charge in [-0.05, 0) is 23.8 Å². The molecule has 0 unspecified atom stereocenters. The Morgan fingerprint density at radius 2 is 1.30 bits per heavy atom. The largest absolute Gasteiger partial charge is 0.377 e. The number of rotatable bonds is 19. The normalized spacial score (nSPS) is 13.7. The number of hydrogen-bond donors (Lipinski definition) is 1. The highest BCUT2D eigenvalue weighted by molar-refractivity contribution is 6.04. The Morgan fingerprint density at radius 3 is 2.02 bits per heavy atom. The molecule has 12 heteroatoms. The zero-order valence-electron chi connectivity index (χ0n) is 25.8. The van der Waals surface area contributed by atoms with Crippen LogP contribution in [-0.4, -0.2) is 100 Å². The minimum Gasteiger partial charge on any atom is -0.377 e. The summed E-state index contributed by atoms with van der Waals surface area (Å²) in [6, 6.07) is 15.3. The monoisotopic (exact) mass is 633 g/mol. The van der Waals surface area contributed by atoms with Crippen LogP contribution in [0.1, 0.15) is 42.4 Å². The molecule has 2 aromatic carbocycles. The van der Waals surface area contributed by atoms with Crippen molar-refractivity contribution in [3.05, 3.63) is 65.2 Å². The number of benzene rings is 2. The number of carbonyl (C=O) groups is 5. The number of amides is 4. The van der Waals surface area contributed by atoms with Crippen molar-refractivity contribution in [2.45, 2.75) is 32.2 Å². The van der Waals surface area contributed by atoms with Crippen LogP contribution in [0.3, 0.4) is 0 Å². The first kappa shape index (κ1) is 34.5. The standard InChI is InChI=1S/C34H39N3O9/c38-29(24-37-33(41)13-14-34(37)42)25-46-22-21-45-20-19-44-18-17-43-16-15-35-31(39)11-12-32(40)36-23-28-7-2-1-5-26(28)9-10-27-6-3-4-8-30(27)36/h1-8H,11-25H2,(H,35,39). The lowest BCUT2D eigenvalue weighted by atomic mass is 10.0. The van der Waals surface area contributed by atoms with Crippen molar-refractivity contribution >= 4 is 35.1 Å². The average molecular weight is 634 g/mol. The van der Waals surface area contributed by atoms with Gasteiger partial charge in [0.25, 0.3) is 0 Å². The molecular formula is C34H39N3O9. The second-order valence-electron chi connectivity index (χ2n) is 10.6. The zero-order valence-corrected chi connectivity index (χ0v) is 25.8. The summed E-state index contributed by atoms with van der Waals surface area (Å²) in [5.74, 6) is 5.01. The van der Waals surface area contributed by atoms with Gasteiger partial charge in [-0.2, -0.15) is 0 Å². The fourth-order valence-electron chi connectivity index (χ4n) is 4.78. The Morgan fingerprint density at radius 1 is 0.717 bits per heavy atom. The first-order chi connectivity index (χ1) is 22.4. The second kappa shape index (κ2) is 18.5. The number of carbonyl (C=O) groups excluding carboxylic acids is 5. The minimum atomic E-state index is -0.338. The molecule has 244 valence electrons. The summed E-state index contributed by atoms with van der Waals surface area (Å²) in [5.41, 5.74) is 3.35. The number of ether oxygens (including phenoxy) is 4. The van der Waals surface area contributed by atoms with Crippen molar-refractivity contribution in [1.82, 2.24) is 10.2 Å². The summed E-state index contributed by atoms with van der Waals surface area (Å²) < 4.78 is 21.5. The quantitative estimate of drug-likeness (QED) is 0.139. The first-order valence-corrected chi connectivity index (χ1v) is 15.3. The van der Waals surface area contributed by atoms with E-state index in [9.17, 15) is 24.0 Å². The van der Waals surface area contributed by atoms with Gasteiger partial charge < -0.3 is 29.2 Å². The third-order valence-corrected chi connectivity index (χ3v) is 7.18. The SMILES string of the molecule is O=C(COCCOCCOCCOCCNC(=O)CCC(=O)N1Cc2ccccc2C#Cc2ccccc21)CN1C(=O)CCC1=O. The Balaban J connectivity index is 0.988. The summed E-state index contributed by atoms with van der Waals surface area (Å²) in [6.45, 7) is 2.45. The van der Waals surface area contributed by atoms with Crippen LogP contribution in [0, 0.1) is 11.8 Å². The van der Waals surface area contributed by atoms with E-state index in [0.717, 1.165) is 27.3 Å². The number of nitrogens with zero attached hydrogens (tertiary/aromatic N) is 2. The molecule has 2 heterocycles. The van der Waals surface area contributed by atoms with Crippen LogP contribution in [0.15, 0.2) is 48.5 Å². The van der Waals surface area contributed by atoms with E-state index in [4.69, 9.17) is 18.9 Å². The van der Waals surface area contributed by atoms with E-state index in [1.807, 2.05) is 48.5 Å². The van der Waals surface area contributed by atoms with E-state index in [0.29, 0.717) is 46.1 Å². The Bertz CT molecular complexity index is 1430. The zero-order chi connectivity index (χ0) is 32.6. The molecule has 0 radical (unpaired) electrons. The van der Waals surface area contributed by atoms with Gasteiger partial charge in [-0.15, -0.1) is 0 Å². The van der Waals surface area contributed by atoms with Gasteiger partial charge in [-0.3, -0.25) is 28.9 Å². The third kappa shape index (κ3) is 10.9. The van der Waals surface area contributed by atoms with E-state index >= 15 is 0 Å². The average Bonchev–Trinajstić information content (AvgIpc) is 3.36. The molecule has 0 atom stereocenters. The summed E-state index contributed by atoms with van der Waals surface area (Å²) in [4.78, 5) is 63.2. The molecule has 2 aliphatic heterocycles. The number of likely N-dealkylation sites (tertiary alicyclic amines) is 1. The molecule has 2 aliphatic rings. The number of Topliss-reactive ketones (excluding diaryl/α,β-unsaturated/α-hetero) is 1. The van der Waals surface area contributed by atoms with Crippen molar-refractivity contribution in [2.75, 3.05) is 70.8 Å². The van der Waals surface area contributed by atoms with Gasteiger partial charge in [0.05, 0.1) is 65.0 Å². The van der Waals surface area contributed by atoms with Crippen LogP contribution in [-0.2, 0) is 49.5 Å². The number of imide groups is 1. The lowest BCUT2D eigenvalue weighted by Gasteiger charge is -2.26. The summed E-state index contributed by atoms with van der Waals surface area (Å²) in [6.07, 6.45) is 0.443. The predicted molar refractivity (Wildman–Crippen MR) is 167 cm³/mol. The molecule has 4 rings (SSSR count). The fraction of sp³-hybridized carbons (Fsp3) is 0.441. The van der Waals surface area contributed by atoms with Gasteiger partial charge in [0.15, 0.2) is 5.78 Å². The molecule has 46 heavy (non-hydrogen) atoms. The molecule has 0 aliphatic carbocycles. The molecule has 0 saturated carbocycles. The number of para-hydroxylation sites is 1. The Kier molecular flexibility index (Phi) is 13.9. The maximum Gasteiger partial charge on any atom is 0.230 e. The Labute approximate surface area is 268 Å². The van der Waals surface area contributed by atoms with Crippen molar-refractivity contribution in [3.63, 3.8) is 0 Å². The number of fused-ring (bicyclic) bond motifs is 2. The van der Waals surface area contributed by atoms with Gasteiger partial charge >= 0.3 is 0 Å². The number of hydrogen-bond acceptors (Lipinski definition) is 9. The van der Waals surface area contributed by atoms with Crippen molar-refractivity contribution in [3.8, 4) is 11.8 Å². The van der Waals surface area contributed by atoms with Crippen LogP contribution in [0.4, 0.5) is 5.69 Å². The van der Waals surface area contributed by atoms with Crippen LogP contribution in [0.5, 0.6) is 0 Å². The molecule has 12 nitrogen and oxygen atoms in total. The fourth-order valence-corrected chi connectivity index (χ4v) is 4.78. The maximum absolute atomic E-state index is 13.2. The van der Waals surface area contributed by atoms with E-state index < -0.39 is 0 Å². The molecule has 1 fully saturated rings. The minimum absolute atomic E-state index is 0.0654. The molecular weight excluding hydrogens is 594 g/mol. The first-order valence-electron chi connectivity index (χ1n) is 15.3. The molecule has 0 bridgehead atoms. The number of nitrogens with one attached hydrogen (secondary N) is 1. The van der Waals surface area contributed by atoms with Crippen molar-refractivity contribution in [1.29, 1.82) is 0 Å². The van der Waals surface area contributed by atoms with Crippen molar-refractivity contribution in [2.24, 2.45) is 0 Å². The van der Waals surface area contributed by atoms with Gasteiger partial charge in [-0.1, -0.05) is 42.2 Å². The summed E-state index contributed by atoms with van der Waals surface area (Å²) in [7, 11) is 0. The lowest BCUT2D eigenvalue weighted by Crippen LogP contribution is -2.35. The topological polar surface area (TPSA) is 141 Å². The van der Waals surface area contributed by atoms with Crippen LogP contribution in [0.2, 0.25) is 0 Å². The van der Waals surface area contributed by atoms with Crippen LogP contribution in [0.25, 0.3) is 0 Å². The molecule has 0 aromatic heterocycles. The van der Waals surface area contributed by atoms with Crippen molar-refractivity contribution < 1.29 is 42.9 Å². The predicted octanol–water partition coefficient (Wildman–Crippen LogP) is 1.61. The second-order valence-corrected chi connectivity index (χ2v) is 10.6. The van der Waals surface area contributed by atoms with Gasteiger partial charge in [-0.25, -0.2) is 0 Å². The highest BCUT2D eigenvalue weighted by Gasteiger charge is 2.30. The molecule has 1 saturated heterocycles. The molecule has 1 N–H and O–H groups in total. The van der Waals surface area contributed by atoms with Gasteiger partial charge in [0, 0.05) is 43.4 Å². The molecule has 0 spiro atoms. The van der Waals surface area contributed by atoms with Crippen LogP contribution >= 0.6 is 0 Å². The van der Waals surface area contributed by atoms with E-state index in [2.05, 4.69) is 17.2 Å². The highest BCUT2D eigenvalue weighted by atomic mass is 16.6. The highest BCUT2D eigenvalue weighted by Crippen LogP contribution is 2.26. The smallest absolute Gasteiger partial charge is 0.230 e. The third-order valence-electron chi connectivity index (χ3n) is 7.18. The molecule has 2 aromatic rings. The van der Waals surface area contributed by atoms with Crippen LogP contribution < -0.4 is 10.2 Å². The van der Waals surface area contributed by atoms with Gasteiger partial charge in [0.1, 0.15) is 6.61 Å². The van der Waals surface area contributed by atoms with E-state index in [1.54, 1.807) is 4.90 Å². The lowest BCUT2D eigenvalue weighted by molar-refractivity contribution is -0.143. The molecule has 4 amide bonds. The van der Waals surface area contributed by atoms with E-state index in [-0.39, 0.29) is 81.5 Å². The summed E-state index contributed by atoms with van der Waals surface area (Å²) in [5, 5.41) is 2.78.